The molecule has 4 aromatic rings. The second-order valence-electron chi connectivity index (χ2n) is 6.28. The van der Waals surface area contributed by atoms with Crippen LogP contribution in [0.4, 0.5) is 13.2 Å². The molecule has 0 amide bonds. The van der Waals surface area contributed by atoms with Gasteiger partial charge in [0.2, 0.25) is 11.1 Å². The minimum Gasteiger partial charge on any atom is -0.296 e. The number of aryl methyl sites for hydroxylation is 1. The molecule has 142 valence electrons. The average molecular weight is 404 g/mol. The van der Waals surface area contributed by atoms with Crippen LogP contribution >= 0.6 is 11.6 Å². The highest BCUT2D eigenvalue weighted by Crippen LogP contribution is 2.37. The van der Waals surface area contributed by atoms with Crippen molar-refractivity contribution < 1.29 is 13.2 Å². The second kappa shape index (κ2) is 6.53. The first kappa shape index (κ1) is 18.3. The molecule has 2 aromatic heterocycles. The van der Waals surface area contributed by atoms with Crippen LogP contribution in [0.25, 0.3) is 28.0 Å². The molecular weight excluding hydrogens is 391 g/mol. The Labute approximate surface area is 162 Å². The number of halogens is 4. The molecule has 0 fully saturated rings. The van der Waals surface area contributed by atoms with Crippen LogP contribution in [0.15, 0.2) is 59.4 Å². The van der Waals surface area contributed by atoms with Crippen LogP contribution < -0.4 is 5.43 Å². The third-order valence-electron chi connectivity index (χ3n) is 4.39. The van der Waals surface area contributed by atoms with Gasteiger partial charge < -0.3 is 0 Å². The largest absolute Gasteiger partial charge is 0.435 e. The number of nitrogens with zero attached hydrogens (tertiary/aromatic N) is 2. The predicted octanol–water partition coefficient (Wildman–Crippen LogP) is 5.34. The smallest absolute Gasteiger partial charge is 0.296 e. The van der Waals surface area contributed by atoms with Gasteiger partial charge in [0.05, 0.1) is 5.56 Å². The van der Waals surface area contributed by atoms with E-state index in [4.69, 9.17) is 11.6 Å². The first-order valence-corrected chi connectivity index (χ1v) is 8.69. The minimum absolute atomic E-state index is 0.207. The summed E-state index contributed by atoms with van der Waals surface area (Å²) in [4.78, 5) is 16.7. The Morgan fingerprint density at radius 1 is 1.04 bits per heavy atom. The zero-order valence-corrected chi connectivity index (χ0v) is 15.3. The summed E-state index contributed by atoms with van der Waals surface area (Å²) in [5.41, 5.74) is -0.815. The van der Waals surface area contributed by atoms with E-state index in [0.717, 1.165) is 4.52 Å². The molecule has 0 radical (unpaired) electrons. The van der Waals surface area contributed by atoms with E-state index in [0.29, 0.717) is 21.8 Å². The molecule has 2 heterocycles. The van der Waals surface area contributed by atoms with Gasteiger partial charge in [-0.15, -0.1) is 0 Å². The number of aromatic nitrogens is 3. The van der Waals surface area contributed by atoms with E-state index >= 15 is 0 Å². The van der Waals surface area contributed by atoms with Crippen LogP contribution in [-0.2, 0) is 6.18 Å². The highest BCUT2D eigenvalue weighted by Gasteiger charge is 2.39. The zero-order valence-electron chi connectivity index (χ0n) is 14.5. The maximum absolute atomic E-state index is 13.7. The van der Waals surface area contributed by atoms with E-state index < -0.39 is 17.3 Å². The molecule has 28 heavy (non-hydrogen) atoms. The third kappa shape index (κ3) is 2.97. The molecule has 4 rings (SSSR count). The van der Waals surface area contributed by atoms with Gasteiger partial charge in [-0.3, -0.25) is 9.89 Å². The summed E-state index contributed by atoms with van der Waals surface area (Å²) >= 11 is 6.01. The number of aromatic amines is 1. The van der Waals surface area contributed by atoms with Crippen LogP contribution in [0.2, 0.25) is 5.02 Å². The lowest BCUT2D eigenvalue weighted by Crippen LogP contribution is -2.14. The number of hydrogen-bond donors (Lipinski definition) is 1. The minimum atomic E-state index is -4.72. The molecule has 0 aliphatic carbocycles. The lowest BCUT2D eigenvalue weighted by atomic mass is 10.0. The van der Waals surface area contributed by atoms with Gasteiger partial charge >= 0.3 is 6.18 Å². The first-order chi connectivity index (χ1) is 13.3. The van der Waals surface area contributed by atoms with Gasteiger partial charge in [0.15, 0.2) is 5.69 Å². The quantitative estimate of drug-likeness (QED) is 0.491. The molecule has 0 saturated heterocycles. The maximum atomic E-state index is 13.7. The molecule has 0 unspecified atom stereocenters. The van der Waals surface area contributed by atoms with Gasteiger partial charge in [0, 0.05) is 16.3 Å². The lowest BCUT2D eigenvalue weighted by Gasteiger charge is -2.10. The molecule has 8 heteroatoms. The number of nitrogens with one attached hydrogen (secondary N) is 1. The lowest BCUT2D eigenvalue weighted by molar-refractivity contribution is -0.140. The van der Waals surface area contributed by atoms with E-state index in [1.54, 1.807) is 49.4 Å². The number of fused-ring (bicyclic) bond motifs is 1. The zero-order chi connectivity index (χ0) is 20.1. The van der Waals surface area contributed by atoms with Gasteiger partial charge in [0.1, 0.15) is 5.69 Å². The van der Waals surface area contributed by atoms with Gasteiger partial charge in [-0.1, -0.05) is 54.1 Å². The Balaban J connectivity index is 2.10. The van der Waals surface area contributed by atoms with Gasteiger partial charge in [-0.25, -0.2) is 9.50 Å². The summed E-state index contributed by atoms with van der Waals surface area (Å²) < 4.78 is 42.1. The standard InChI is InChI=1S/C20H13ClF3N3O/c1-11-15(13-8-5-9-14(21)10-13)17(28)19-25-18(20(22,23)24)16(27(19)26-11)12-6-3-2-4-7-12/h2-10,26H,1H3. The van der Waals surface area contributed by atoms with Gasteiger partial charge in [-0.05, 0) is 24.6 Å². The number of hydrogen-bond acceptors (Lipinski definition) is 2. The van der Waals surface area contributed by atoms with Crippen molar-refractivity contribution in [1.29, 1.82) is 0 Å². The molecule has 0 atom stereocenters. The number of imidazole rings is 1. The summed E-state index contributed by atoms with van der Waals surface area (Å²) in [5, 5.41) is 3.30. The maximum Gasteiger partial charge on any atom is 0.435 e. The van der Waals surface area contributed by atoms with Gasteiger partial charge in [0.25, 0.3) is 0 Å². The van der Waals surface area contributed by atoms with Crippen molar-refractivity contribution in [3.63, 3.8) is 0 Å². The fraction of sp³-hybridized carbons (Fsp3) is 0.100. The van der Waals surface area contributed by atoms with Crippen LogP contribution in [0.1, 0.15) is 11.4 Å². The van der Waals surface area contributed by atoms with Crippen molar-refractivity contribution in [2.75, 3.05) is 0 Å². The normalized spacial score (nSPS) is 11.9. The number of H-pyrrole nitrogens is 1. The molecule has 0 aliphatic rings. The van der Waals surface area contributed by atoms with Crippen LogP contribution in [0.3, 0.4) is 0 Å². The Morgan fingerprint density at radius 3 is 2.36 bits per heavy atom. The molecule has 4 nitrogen and oxygen atoms in total. The molecular formula is C20H13ClF3N3O. The van der Waals surface area contributed by atoms with Crippen molar-refractivity contribution in [1.82, 2.24) is 14.6 Å². The predicted molar refractivity (Wildman–Crippen MR) is 101 cm³/mol. The van der Waals surface area contributed by atoms with Crippen LogP contribution in [0.5, 0.6) is 0 Å². The third-order valence-corrected chi connectivity index (χ3v) is 4.63. The Bertz CT molecular complexity index is 1240. The van der Waals surface area contributed by atoms with Crippen molar-refractivity contribution in [2.24, 2.45) is 0 Å². The molecule has 0 saturated carbocycles. The monoisotopic (exact) mass is 403 g/mol. The fourth-order valence-electron chi connectivity index (χ4n) is 3.24. The molecule has 1 N–H and O–H groups in total. The van der Waals surface area contributed by atoms with Crippen molar-refractivity contribution in [3.8, 4) is 22.4 Å². The van der Waals surface area contributed by atoms with E-state index in [1.165, 1.54) is 12.1 Å². The average Bonchev–Trinajstić information content (AvgIpc) is 3.02. The number of benzene rings is 2. The Morgan fingerprint density at radius 2 is 1.71 bits per heavy atom. The number of rotatable bonds is 2. The highest BCUT2D eigenvalue weighted by atomic mass is 35.5. The van der Waals surface area contributed by atoms with Crippen molar-refractivity contribution in [2.45, 2.75) is 13.1 Å². The fourth-order valence-corrected chi connectivity index (χ4v) is 3.43. The Kier molecular flexibility index (Phi) is 4.27. The van der Waals surface area contributed by atoms with E-state index in [2.05, 4.69) is 10.1 Å². The summed E-state index contributed by atoms with van der Waals surface area (Å²) in [6.07, 6.45) is -4.72. The summed E-state index contributed by atoms with van der Waals surface area (Å²) in [6.45, 7) is 1.62. The first-order valence-electron chi connectivity index (χ1n) is 8.31. The molecule has 0 bridgehead atoms. The molecule has 0 aliphatic heterocycles. The van der Waals surface area contributed by atoms with Crippen LogP contribution in [0, 0.1) is 6.92 Å². The van der Waals surface area contributed by atoms with Crippen LogP contribution in [-0.4, -0.2) is 14.6 Å². The van der Waals surface area contributed by atoms with E-state index in [-0.39, 0.29) is 16.9 Å². The van der Waals surface area contributed by atoms with Gasteiger partial charge in [-0.2, -0.15) is 13.2 Å². The number of alkyl halides is 3. The van der Waals surface area contributed by atoms with Crippen molar-refractivity contribution >= 4 is 17.2 Å². The highest BCUT2D eigenvalue weighted by molar-refractivity contribution is 6.30. The SMILES string of the molecule is Cc1[nH]n2c(-c3ccccc3)c(C(F)(F)F)nc2c(=O)c1-c1cccc(Cl)c1. The second-order valence-corrected chi connectivity index (χ2v) is 6.72. The molecule has 0 spiro atoms. The van der Waals surface area contributed by atoms with Crippen molar-refractivity contribution in [3.05, 3.63) is 81.2 Å². The topological polar surface area (TPSA) is 50.2 Å². The van der Waals surface area contributed by atoms with E-state index in [9.17, 15) is 18.0 Å². The Hall–Kier alpha value is -3.06. The van der Waals surface area contributed by atoms with E-state index in [1.807, 2.05) is 0 Å². The summed E-state index contributed by atoms with van der Waals surface area (Å²) in [5.74, 6) is 0. The summed E-state index contributed by atoms with van der Waals surface area (Å²) in [6, 6.07) is 14.6. The summed E-state index contributed by atoms with van der Waals surface area (Å²) in [7, 11) is 0. The molecule has 2 aromatic carbocycles.